The van der Waals surface area contributed by atoms with Crippen LogP contribution in [0.3, 0.4) is 0 Å². The predicted molar refractivity (Wildman–Crippen MR) is 123 cm³/mol. The Morgan fingerprint density at radius 3 is 2.87 bits per heavy atom. The molecule has 7 heteroatoms. The van der Waals surface area contributed by atoms with Crippen LogP contribution in [0.15, 0.2) is 65.9 Å². The maximum absolute atomic E-state index is 11.8. The molecule has 0 fully saturated rings. The number of nitrogens with one attached hydrogen (secondary N) is 3. The Bertz CT molecular complexity index is 1300. The van der Waals surface area contributed by atoms with Crippen LogP contribution in [-0.4, -0.2) is 39.8 Å². The molecular formula is C24H22N6O. The van der Waals surface area contributed by atoms with Crippen LogP contribution in [0.5, 0.6) is 0 Å². The molecule has 0 spiro atoms. The van der Waals surface area contributed by atoms with Crippen molar-refractivity contribution in [3.05, 3.63) is 88.9 Å². The molecule has 0 radical (unpaired) electrons. The summed E-state index contributed by atoms with van der Waals surface area (Å²) < 4.78 is 0. The zero-order valence-electron chi connectivity index (χ0n) is 17.3. The number of hydrogen-bond acceptors (Lipinski definition) is 5. The van der Waals surface area contributed by atoms with Crippen molar-refractivity contribution in [3.63, 3.8) is 0 Å². The molecule has 3 N–H and O–H groups in total. The van der Waals surface area contributed by atoms with Gasteiger partial charge < -0.3 is 10.3 Å². The lowest BCUT2D eigenvalue weighted by molar-refractivity contribution is 0.0962. The minimum Gasteiger partial charge on any atom is -0.355 e. The lowest BCUT2D eigenvalue weighted by atomic mass is 10.0. The number of imidazole rings is 1. The highest BCUT2D eigenvalue weighted by molar-refractivity contribution is 6.37. The average Bonchev–Trinajstić information content (AvgIpc) is 3.24. The third-order valence-electron chi connectivity index (χ3n) is 5.00. The average molecular weight is 410 g/mol. The summed E-state index contributed by atoms with van der Waals surface area (Å²) in [5, 5.41) is 12.0. The highest BCUT2D eigenvalue weighted by atomic mass is 16.1. The first kappa shape index (κ1) is 20.2. The first-order valence-corrected chi connectivity index (χ1v) is 9.87. The van der Waals surface area contributed by atoms with Crippen molar-refractivity contribution in [2.75, 3.05) is 7.05 Å². The number of H-pyrrole nitrogens is 1. The van der Waals surface area contributed by atoms with Gasteiger partial charge in [-0.2, -0.15) is 0 Å². The van der Waals surface area contributed by atoms with Crippen molar-refractivity contribution >= 4 is 34.7 Å². The molecule has 0 atom stereocenters. The van der Waals surface area contributed by atoms with Crippen LogP contribution >= 0.6 is 0 Å². The van der Waals surface area contributed by atoms with Crippen molar-refractivity contribution in [1.82, 2.24) is 20.3 Å². The smallest absolute Gasteiger partial charge is 0.251 e. The van der Waals surface area contributed by atoms with E-state index in [0.29, 0.717) is 23.5 Å². The van der Waals surface area contributed by atoms with Crippen molar-refractivity contribution < 1.29 is 4.79 Å². The summed E-state index contributed by atoms with van der Waals surface area (Å²) in [5.41, 5.74) is 5.39. The molecule has 0 bridgehead atoms. The van der Waals surface area contributed by atoms with Gasteiger partial charge in [-0.05, 0) is 48.4 Å². The number of benzene rings is 2. The highest BCUT2D eigenvalue weighted by Crippen LogP contribution is 2.17. The molecule has 1 amide bonds. The van der Waals surface area contributed by atoms with Crippen molar-refractivity contribution in [1.29, 1.82) is 5.41 Å². The fourth-order valence-electron chi connectivity index (χ4n) is 3.38. The van der Waals surface area contributed by atoms with E-state index in [9.17, 15) is 4.79 Å². The predicted octanol–water partition coefficient (Wildman–Crippen LogP) is 3.99. The van der Waals surface area contributed by atoms with Gasteiger partial charge in [0.15, 0.2) is 0 Å². The Morgan fingerprint density at radius 2 is 2.06 bits per heavy atom. The molecule has 154 valence electrons. The van der Waals surface area contributed by atoms with E-state index in [1.54, 1.807) is 37.6 Å². The van der Waals surface area contributed by atoms with Crippen LogP contribution in [-0.2, 0) is 6.42 Å². The number of aromatic nitrogens is 3. The third kappa shape index (κ3) is 4.56. The number of aromatic amines is 1. The second kappa shape index (κ2) is 8.71. The fourth-order valence-corrected chi connectivity index (χ4v) is 3.38. The van der Waals surface area contributed by atoms with Gasteiger partial charge >= 0.3 is 0 Å². The fraction of sp³-hybridized carbons (Fsp3) is 0.125. The van der Waals surface area contributed by atoms with Crippen molar-refractivity contribution in [2.24, 2.45) is 4.99 Å². The second-order valence-corrected chi connectivity index (χ2v) is 7.22. The molecule has 0 aliphatic carbocycles. The van der Waals surface area contributed by atoms with Gasteiger partial charge in [0.1, 0.15) is 0 Å². The summed E-state index contributed by atoms with van der Waals surface area (Å²) in [4.78, 5) is 27.9. The molecule has 31 heavy (non-hydrogen) atoms. The highest BCUT2D eigenvalue weighted by Gasteiger charge is 2.09. The lowest BCUT2D eigenvalue weighted by Crippen LogP contribution is -2.19. The van der Waals surface area contributed by atoms with Gasteiger partial charge in [0, 0.05) is 41.9 Å². The second-order valence-electron chi connectivity index (χ2n) is 7.22. The normalized spacial score (nSPS) is 11.2. The molecule has 2 aromatic heterocycles. The molecule has 2 aromatic carbocycles. The number of carbonyl (C=O) groups excluding carboxylic acids is 1. The maximum Gasteiger partial charge on any atom is 0.251 e. The molecule has 2 heterocycles. The van der Waals surface area contributed by atoms with Crippen LogP contribution in [0.4, 0.5) is 5.95 Å². The standard InChI is InChI=1S/C24H22N6O/c1-15-10-17(6-7-20(15)23(31)26-2)21(25)14-29-24-28-13-19(30-24)12-16-5-8-22-18(11-16)4-3-9-27-22/h3-11,13-14,25H,12H2,1-2H3,(H,26,31)(H,28,30). The van der Waals surface area contributed by atoms with Gasteiger partial charge in [-0.25, -0.2) is 9.98 Å². The molecule has 4 aromatic rings. The zero-order chi connectivity index (χ0) is 21.8. The van der Waals surface area contributed by atoms with Gasteiger partial charge in [-0.15, -0.1) is 0 Å². The summed E-state index contributed by atoms with van der Waals surface area (Å²) in [6.45, 7) is 1.85. The third-order valence-corrected chi connectivity index (χ3v) is 5.00. The molecule has 0 aliphatic heterocycles. The number of fused-ring (bicyclic) bond motifs is 1. The van der Waals surface area contributed by atoms with Gasteiger partial charge in [-0.3, -0.25) is 15.2 Å². The van der Waals surface area contributed by atoms with Crippen LogP contribution < -0.4 is 5.32 Å². The number of rotatable bonds is 6. The molecule has 0 saturated heterocycles. The first-order valence-electron chi connectivity index (χ1n) is 9.87. The van der Waals surface area contributed by atoms with Crippen molar-refractivity contribution in [2.45, 2.75) is 13.3 Å². The van der Waals surface area contributed by atoms with Crippen LogP contribution in [0, 0.1) is 12.3 Å². The topological polar surface area (TPSA) is 107 Å². The Balaban J connectivity index is 1.44. The molecule has 0 aliphatic rings. The monoisotopic (exact) mass is 410 g/mol. The quantitative estimate of drug-likeness (QED) is 0.418. The first-order chi connectivity index (χ1) is 15.0. The maximum atomic E-state index is 11.8. The van der Waals surface area contributed by atoms with Gasteiger partial charge in [0.25, 0.3) is 5.91 Å². The molecule has 7 nitrogen and oxygen atoms in total. The number of carbonyl (C=O) groups is 1. The van der Waals surface area contributed by atoms with E-state index in [1.165, 1.54) is 6.21 Å². The number of aliphatic imine (C=N–C) groups is 1. The zero-order valence-corrected chi connectivity index (χ0v) is 17.3. The Kier molecular flexibility index (Phi) is 5.66. The summed E-state index contributed by atoms with van der Waals surface area (Å²) in [7, 11) is 1.60. The van der Waals surface area contributed by atoms with E-state index in [2.05, 4.69) is 37.4 Å². The van der Waals surface area contributed by atoms with Gasteiger partial charge in [0.05, 0.1) is 23.6 Å². The number of aryl methyl sites for hydroxylation is 1. The SMILES string of the molecule is CNC(=O)c1ccc(C(=N)C=Nc2ncc(Cc3ccc4ncccc4c3)[nH]2)cc1C. The van der Waals surface area contributed by atoms with E-state index in [4.69, 9.17) is 5.41 Å². The molecule has 0 saturated carbocycles. The van der Waals surface area contributed by atoms with E-state index < -0.39 is 0 Å². The Morgan fingerprint density at radius 1 is 1.19 bits per heavy atom. The van der Waals surface area contributed by atoms with Crippen LogP contribution in [0.25, 0.3) is 10.9 Å². The summed E-state index contributed by atoms with van der Waals surface area (Å²) in [5.74, 6) is 0.302. The lowest BCUT2D eigenvalue weighted by Gasteiger charge is -2.06. The van der Waals surface area contributed by atoms with Crippen LogP contribution in [0.2, 0.25) is 0 Å². The molecule has 0 unspecified atom stereocenters. The minimum absolute atomic E-state index is 0.143. The Labute approximate surface area is 179 Å². The minimum atomic E-state index is -0.143. The number of amides is 1. The van der Waals surface area contributed by atoms with E-state index in [1.807, 2.05) is 25.1 Å². The summed E-state index contributed by atoms with van der Waals surface area (Å²) in [6.07, 6.45) is 5.70. The van der Waals surface area contributed by atoms with E-state index in [-0.39, 0.29) is 11.6 Å². The summed E-state index contributed by atoms with van der Waals surface area (Å²) in [6, 6.07) is 15.4. The largest absolute Gasteiger partial charge is 0.355 e. The summed E-state index contributed by atoms with van der Waals surface area (Å²) >= 11 is 0. The van der Waals surface area contributed by atoms with Crippen molar-refractivity contribution in [3.8, 4) is 0 Å². The Hall–Kier alpha value is -4.13. The number of hydrogen-bond donors (Lipinski definition) is 3. The number of nitrogens with zero attached hydrogens (tertiary/aromatic N) is 3. The van der Waals surface area contributed by atoms with E-state index >= 15 is 0 Å². The molecule has 4 rings (SSSR count). The van der Waals surface area contributed by atoms with Gasteiger partial charge in [0.2, 0.25) is 5.95 Å². The van der Waals surface area contributed by atoms with Gasteiger partial charge in [-0.1, -0.05) is 18.2 Å². The van der Waals surface area contributed by atoms with E-state index in [0.717, 1.165) is 27.7 Å². The number of pyridine rings is 1. The van der Waals surface area contributed by atoms with Crippen LogP contribution in [0.1, 0.15) is 32.7 Å². The molecular weight excluding hydrogens is 388 g/mol.